The second-order valence-electron chi connectivity index (χ2n) is 5.79. The molecule has 0 radical (unpaired) electrons. The van der Waals surface area contributed by atoms with E-state index in [9.17, 15) is 0 Å². The Balaban J connectivity index is 2.29. The second-order valence-corrected chi connectivity index (χ2v) is 5.79. The summed E-state index contributed by atoms with van der Waals surface area (Å²) in [5, 5.41) is 0. The average molecular weight is 204 g/mol. The molecule has 0 heterocycles. The molecule has 84 valence electrons. The van der Waals surface area contributed by atoms with Crippen LogP contribution in [0.5, 0.6) is 0 Å². The minimum absolute atomic E-state index is 0.723. The molecular formula is C15H24. The molecule has 0 N–H and O–H groups in total. The van der Waals surface area contributed by atoms with Crippen LogP contribution in [0.1, 0.15) is 47.0 Å². The number of fused-ring (bicyclic) bond motifs is 1. The summed E-state index contributed by atoms with van der Waals surface area (Å²) >= 11 is 0. The molecule has 0 amide bonds. The quantitative estimate of drug-likeness (QED) is 0.548. The van der Waals surface area contributed by atoms with Crippen molar-refractivity contribution in [1.29, 1.82) is 0 Å². The van der Waals surface area contributed by atoms with Gasteiger partial charge in [-0.2, -0.15) is 0 Å². The van der Waals surface area contributed by atoms with Crippen molar-refractivity contribution in [2.75, 3.05) is 0 Å². The molecule has 0 bridgehead atoms. The van der Waals surface area contributed by atoms with Gasteiger partial charge in [0.05, 0.1) is 0 Å². The molecule has 3 atom stereocenters. The van der Waals surface area contributed by atoms with Crippen LogP contribution in [-0.4, -0.2) is 0 Å². The SMILES string of the molecule is CC1=CCC(C(C)C)=CC2C1CC[C@@H]2C. The summed E-state index contributed by atoms with van der Waals surface area (Å²) in [6.07, 6.45) is 9.12. The van der Waals surface area contributed by atoms with Gasteiger partial charge >= 0.3 is 0 Å². The predicted octanol–water partition coefficient (Wildman–Crippen LogP) is 4.58. The van der Waals surface area contributed by atoms with E-state index >= 15 is 0 Å². The molecule has 0 aromatic rings. The number of allylic oxidation sites excluding steroid dienone is 4. The van der Waals surface area contributed by atoms with Crippen molar-refractivity contribution in [3.63, 3.8) is 0 Å². The summed E-state index contributed by atoms with van der Waals surface area (Å²) in [6, 6.07) is 0. The normalized spacial score (nSPS) is 35.9. The van der Waals surface area contributed by atoms with Crippen molar-refractivity contribution in [1.82, 2.24) is 0 Å². The van der Waals surface area contributed by atoms with E-state index in [0.29, 0.717) is 0 Å². The standard InChI is InChI=1S/C15H24/c1-10(2)13-7-5-11(3)14-8-6-12(4)15(14)9-13/h5,9-10,12,14-15H,6-8H2,1-4H3/t12-,14?,15?/m0/s1. The Bertz CT molecular complexity index is 293. The topological polar surface area (TPSA) is 0 Å². The summed E-state index contributed by atoms with van der Waals surface area (Å²) in [7, 11) is 0. The lowest BCUT2D eigenvalue weighted by Gasteiger charge is -2.20. The monoisotopic (exact) mass is 204 g/mol. The largest absolute Gasteiger partial charge is 0.0812 e. The molecule has 0 heteroatoms. The van der Waals surface area contributed by atoms with Crippen molar-refractivity contribution in [3.05, 3.63) is 23.3 Å². The van der Waals surface area contributed by atoms with E-state index in [2.05, 4.69) is 39.8 Å². The van der Waals surface area contributed by atoms with Gasteiger partial charge in [-0.3, -0.25) is 0 Å². The molecule has 0 spiro atoms. The Kier molecular flexibility index (Phi) is 3.04. The van der Waals surface area contributed by atoms with Gasteiger partial charge < -0.3 is 0 Å². The average Bonchev–Trinajstić information content (AvgIpc) is 2.43. The molecule has 1 saturated carbocycles. The predicted molar refractivity (Wildman–Crippen MR) is 66.7 cm³/mol. The number of hydrogen-bond donors (Lipinski definition) is 0. The minimum Gasteiger partial charge on any atom is -0.0812 e. The van der Waals surface area contributed by atoms with E-state index in [4.69, 9.17) is 0 Å². The third-order valence-electron chi connectivity index (χ3n) is 4.45. The van der Waals surface area contributed by atoms with Gasteiger partial charge in [-0.1, -0.05) is 44.1 Å². The van der Waals surface area contributed by atoms with E-state index < -0.39 is 0 Å². The van der Waals surface area contributed by atoms with Gasteiger partial charge in [-0.25, -0.2) is 0 Å². The van der Waals surface area contributed by atoms with Gasteiger partial charge in [-0.05, 0) is 49.9 Å². The molecule has 0 saturated heterocycles. The fraction of sp³-hybridized carbons (Fsp3) is 0.733. The molecular weight excluding hydrogens is 180 g/mol. The third-order valence-corrected chi connectivity index (χ3v) is 4.45. The second kappa shape index (κ2) is 4.15. The van der Waals surface area contributed by atoms with E-state index in [0.717, 1.165) is 23.7 Å². The lowest BCUT2D eigenvalue weighted by molar-refractivity contribution is 0.439. The van der Waals surface area contributed by atoms with Crippen LogP contribution in [0.2, 0.25) is 0 Å². The maximum atomic E-state index is 2.61. The van der Waals surface area contributed by atoms with E-state index in [1.807, 2.05) is 0 Å². The number of hydrogen-bond acceptors (Lipinski definition) is 0. The van der Waals surface area contributed by atoms with E-state index in [-0.39, 0.29) is 0 Å². The van der Waals surface area contributed by atoms with Crippen molar-refractivity contribution in [2.24, 2.45) is 23.7 Å². The maximum absolute atomic E-state index is 2.61. The maximum Gasteiger partial charge on any atom is -0.0133 e. The van der Waals surface area contributed by atoms with Crippen molar-refractivity contribution in [2.45, 2.75) is 47.0 Å². The lowest BCUT2D eigenvalue weighted by atomic mass is 9.85. The highest BCUT2D eigenvalue weighted by atomic mass is 14.4. The smallest absolute Gasteiger partial charge is 0.0133 e. The molecule has 0 nitrogen and oxygen atoms in total. The minimum atomic E-state index is 0.723. The van der Waals surface area contributed by atoms with Crippen LogP contribution < -0.4 is 0 Å². The molecule has 0 aliphatic heterocycles. The van der Waals surface area contributed by atoms with E-state index in [1.54, 1.807) is 11.1 Å². The highest BCUT2D eigenvalue weighted by molar-refractivity contribution is 5.23. The van der Waals surface area contributed by atoms with Gasteiger partial charge in [-0.15, -0.1) is 0 Å². The van der Waals surface area contributed by atoms with E-state index in [1.165, 1.54) is 19.3 Å². The van der Waals surface area contributed by atoms with Crippen molar-refractivity contribution in [3.8, 4) is 0 Å². The lowest BCUT2D eigenvalue weighted by Crippen LogP contribution is -2.11. The van der Waals surface area contributed by atoms with Crippen LogP contribution >= 0.6 is 0 Å². The van der Waals surface area contributed by atoms with Crippen LogP contribution in [0.3, 0.4) is 0 Å². The fourth-order valence-corrected chi connectivity index (χ4v) is 3.21. The highest BCUT2D eigenvalue weighted by Crippen LogP contribution is 2.44. The summed E-state index contributed by atoms with van der Waals surface area (Å²) in [4.78, 5) is 0. The van der Waals surface area contributed by atoms with Gasteiger partial charge in [0.15, 0.2) is 0 Å². The summed E-state index contributed by atoms with van der Waals surface area (Å²) in [5.74, 6) is 3.31. The Labute approximate surface area is 94.5 Å². The van der Waals surface area contributed by atoms with Crippen LogP contribution in [0.4, 0.5) is 0 Å². The van der Waals surface area contributed by atoms with Gasteiger partial charge in [0.2, 0.25) is 0 Å². The zero-order valence-corrected chi connectivity index (χ0v) is 10.6. The summed E-state index contributed by atoms with van der Waals surface area (Å²) in [6.45, 7) is 9.43. The first-order valence-electron chi connectivity index (χ1n) is 6.47. The molecule has 1 fully saturated rings. The molecule has 2 unspecified atom stereocenters. The first kappa shape index (κ1) is 11.0. The van der Waals surface area contributed by atoms with Crippen LogP contribution in [-0.2, 0) is 0 Å². The zero-order chi connectivity index (χ0) is 11.0. The highest BCUT2D eigenvalue weighted by Gasteiger charge is 2.34. The molecule has 0 aromatic carbocycles. The Morgan fingerprint density at radius 2 is 2.00 bits per heavy atom. The number of rotatable bonds is 1. The Hall–Kier alpha value is -0.520. The first-order chi connectivity index (χ1) is 7.09. The molecule has 2 aliphatic rings. The van der Waals surface area contributed by atoms with Crippen LogP contribution in [0.15, 0.2) is 23.3 Å². The van der Waals surface area contributed by atoms with Gasteiger partial charge in [0, 0.05) is 0 Å². The Morgan fingerprint density at radius 3 is 2.67 bits per heavy atom. The van der Waals surface area contributed by atoms with Crippen molar-refractivity contribution < 1.29 is 0 Å². The zero-order valence-electron chi connectivity index (χ0n) is 10.6. The van der Waals surface area contributed by atoms with Crippen molar-refractivity contribution >= 4 is 0 Å². The third kappa shape index (κ3) is 2.04. The molecule has 2 aliphatic carbocycles. The molecule has 0 aromatic heterocycles. The van der Waals surface area contributed by atoms with Crippen LogP contribution in [0, 0.1) is 23.7 Å². The van der Waals surface area contributed by atoms with Gasteiger partial charge in [0.25, 0.3) is 0 Å². The molecule has 2 rings (SSSR count). The summed E-state index contributed by atoms with van der Waals surface area (Å²) in [5.41, 5.74) is 3.31. The fourth-order valence-electron chi connectivity index (χ4n) is 3.21. The summed E-state index contributed by atoms with van der Waals surface area (Å²) < 4.78 is 0. The first-order valence-corrected chi connectivity index (χ1v) is 6.47. The van der Waals surface area contributed by atoms with Gasteiger partial charge in [0.1, 0.15) is 0 Å². The van der Waals surface area contributed by atoms with Crippen LogP contribution in [0.25, 0.3) is 0 Å². The molecule has 15 heavy (non-hydrogen) atoms. The Morgan fingerprint density at radius 1 is 1.27 bits per heavy atom.